The van der Waals surface area contributed by atoms with Crippen molar-refractivity contribution in [2.75, 3.05) is 46.4 Å². The van der Waals surface area contributed by atoms with E-state index in [1.165, 1.54) is 27.7 Å². The number of aliphatic hydroxyl groups is 1. The smallest absolute Gasteiger partial charge is 0.470 e. The summed E-state index contributed by atoms with van der Waals surface area (Å²) in [4.78, 5) is 98.9. The number of phosphoric ester groups is 1. The van der Waals surface area contributed by atoms with Crippen LogP contribution in [0.15, 0.2) is 60.7 Å². The van der Waals surface area contributed by atoms with Gasteiger partial charge in [-0.25, -0.2) is 38.1 Å². The summed E-state index contributed by atoms with van der Waals surface area (Å²) in [7, 11) is -4.82. The van der Waals surface area contributed by atoms with E-state index in [4.69, 9.17) is 38.6 Å². The third kappa shape index (κ3) is 19.3. The monoisotopic (exact) mass is 788 g/mol. The molecule has 20 nitrogen and oxygen atoms in total. The summed E-state index contributed by atoms with van der Waals surface area (Å²) < 4.78 is 48.8. The van der Waals surface area contributed by atoms with Crippen LogP contribution in [0.1, 0.15) is 58.8 Å². The first-order valence-corrected chi connectivity index (χ1v) is 16.6. The van der Waals surface area contributed by atoms with E-state index in [0.29, 0.717) is 0 Å². The molecule has 0 radical (unpaired) electrons. The second kappa shape index (κ2) is 23.8. The first kappa shape index (κ1) is 48.3. The maximum atomic E-state index is 12.4. The van der Waals surface area contributed by atoms with Crippen molar-refractivity contribution >= 4 is 49.6 Å². The average Bonchev–Trinajstić information content (AvgIpc) is 3.08. The Balaban J connectivity index is 0.00000120. The van der Waals surface area contributed by atoms with Crippen LogP contribution in [0.25, 0.3) is 0 Å². The molecule has 4 N–H and O–H groups in total. The van der Waals surface area contributed by atoms with Gasteiger partial charge in [0.1, 0.15) is 57.1 Å². The van der Waals surface area contributed by atoms with Crippen LogP contribution in [-0.4, -0.2) is 114 Å². The van der Waals surface area contributed by atoms with Gasteiger partial charge in [0.15, 0.2) is 6.79 Å². The van der Waals surface area contributed by atoms with Crippen LogP contribution < -0.4 is 4.74 Å². The lowest BCUT2D eigenvalue weighted by molar-refractivity contribution is -0.147. The third-order valence-electron chi connectivity index (χ3n) is 5.59. The molecule has 0 unspecified atom stereocenters. The van der Waals surface area contributed by atoms with Crippen molar-refractivity contribution in [3.05, 3.63) is 77.4 Å². The van der Waals surface area contributed by atoms with Gasteiger partial charge in [0.05, 0.1) is 11.1 Å². The molecule has 21 heteroatoms. The maximum Gasteiger partial charge on any atom is 0.470 e. The van der Waals surface area contributed by atoms with Crippen molar-refractivity contribution < 1.29 is 95.8 Å². The Morgan fingerprint density at radius 1 is 0.611 bits per heavy atom. The second-order valence-electron chi connectivity index (χ2n) is 10.6. The van der Waals surface area contributed by atoms with E-state index in [-0.39, 0.29) is 54.5 Å². The molecule has 0 spiro atoms. The largest absolute Gasteiger partial charge is 0.478 e. The van der Waals surface area contributed by atoms with Crippen molar-refractivity contribution in [2.24, 2.45) is 0 Å². The van der Waals surface area contributed by atoms with E-state index < -0.39 is 92.4 Å². The number of aliphatic hydroxyl groups excluding tert-OH is 1. The number of ether oxygens (including phenoxy) is 7. The zero-order valence-corrected chi connectivity index (χ0v) is 30.7. The summed E-state index contributed by atoms with van der Waals surface area (Å²) in [5, 5.41) is 18.6. The molecule has 0 heterocycles. The molecule has 0 aromatic heterocycles. The number of aromatic carboxylic acids is 1. The number of carbonyl (C=O) groups excluding carboxylic acids is 6. The quantitative estimate of drug-likeness (QED) is 0.0346. The summed E-state index contributed by atoms with van der Waals surface area (Å²) in [5.74, 6) is -7.00. The van der Waals surface area contributed by atoms with Gasteiger partial charge in [0, 0.05) is 22.3 Å². The Morgan fingerprint density at radius 3 is 1.33 bits per heavy atom. The minimum atomic E-state index is -4.82. The second-order valence-corrected chi connectivity index (χ2v) is 11.7. The Labute approximate surface area is 308 Å². The van der Waals surface area contributed by atoms with E-state index in [0.717, 1.165) is 12.1 Å². The van der Waals surface area contributed by atoms with E-state index in [1.54, 1.807) is 0 Å². The molecular formula is C33H41O20P. The van der Waals surface area contributed by atoms with E-state index in [2.05, 4.69) is 40.3 Å². The Morgan fingerprint density at radius 2 is 0.981 bits per heavy atom. The third-order valence-corrected chi connectivity index (χ3v) is 6.16. The number of esters is 6. The number of rotatable bonds is 21. The molecule has 0 aliphatic carbocycles. The number of carbonyl (C=O) groups is 7. The minimum absolute atomic E-state index is 0.110. The highest BCUT2D eigenvalue weighted by Crippen LogP contribution is 2.37. The van der Waals surface area contributed by atoms with Crippen LogP contribution in [0.2, 0.25) is 0 Å². The van der Waals surface area contributed by atoms with Gasteiger partial charge >= 0.3 is 49.6 Å². The summed E-state index contributed by atoms with van der Waals surface area (Å²) in [6, 6.07) is 1.70. The van der Waals surface area contributed by atoms with Gasteiger partial charge in [0.2, 0.25) is 0 Å². The van der Waals surface area contributed by atoms with Crippen molar-refractivity contribution in [1.29, 1.82) is 0 Å². The average molecular weight is 789 g/mol. The molecule has 0 saturated carbocycles. The molecular weight excluding hydrogens is 747 g/mol. The topological polar surface area (TPSA) is 291 Å². The highest BCUT2D eigenvalue weighted by atomic mass is 31.2. The number of hydrogen-bond acceptors (Lipinski definition) is 17. The minimum Gasteiger partial charge on any atom is -0.478 e. The molecule has 0 amide bonds. The number of benzene rings is 1. The molecule has 0 saturated heterocycles. The molecule has 0 fully saturated rings. The van der Waals surface area contributed by atoms with Gasteiger partial charge in [-0.2, -0.15) is 0 Å². The van der Waals surface area contributed by atoms with Crippen LogP contribution in [0.3, 0.4) is 0 Å². The van der Waals surface area contributed by atoms with Gasteiger partial charge in [-0.1, -0.05) is 26.3 Å². The van der Waals surface area contributed by atoms with Crippen LogP contribution in [0, 0.1) is 0 Å². The van der Waals surface area contributed by atoms with Gasteiger partial charge in [-0.3, -0.25) is 4.52 Å². The van der Waals surface area contributed by atoms with Crippen molar-refractivity contribution in [1.82, 2.24) is 0 Å². The molecule has 0 bridgehead atoms. The fraction of sp³-hybridized carbons (Fsp3) is 0.364. The first-order valence-electron chi connectivity index (χ1n) is 15.1. The van der Waals surface area contributed by atoms with Crippen LogP contribution in [-0.2, 0) is 56.7 Å². The highest BCUT2D eigenvalue weighted by molar-refractivity contribution is 7.46. The van der Waals surface area contributed by atoms with Crippen molar-refractivity contribution in [3.8, 4) is 5.75 Å². The Kier molecular flexibility index (Phi) is 21.3. The summed E-state index contributed by atoms with van der Waals surface area (Å²) in [6.45, 7) is 15.9. The molecule has 298 valence electrons. The molecule has 0 aliphatic rings. The molecule has 1 aromatic rings. The summed E-state index contributed by atoms with van der Waals surface area (Å²) in [6.07, 6.45) is -1.30. The van der Waals surface area contributed by atoms with E-state index >= 15 is 0 Å². The number of phosphoric acid groups is 1. The molecule has 0 aliphatic heterocycles. The first-order chi connectivity index (χ1) is 25.0. The Bertz CT molecular complexity index is 1640. The Hall–Kier alpha value is -5.66. The highest BCUT2D eigenvalue weighted by Gasteiger charge is 2.27. The zero-order valence-electron chi connectivity index (χ0n) is 29.8. The zero-order chi connectivity index (χ0) is 41.8. The fourth-order valence-electron chi connectivity index (χ4n) is 3.10. The fourth-order valence-corrected chi connectivity index (χ4v) is 3.61. The number of carboxylic acid groups (broad SMARTS) is 1. The van der Waals surface area contributed by atoms with Crippen LogP contribution in [0.5, 0.6) is 5.75 Å². The predicted molar refractivity (Wildman–Crippen MR) is 182 cm³/mol. The lowest BCUT2D eigenvalue weighted by atomic mass is 10.0. The van der Waals surface area contributed by atoms with Crippen molar-refractivity contribution in [3.63, 3.8) is 0 Å². The lowest BCUT2D eigenvalue weighted by Gasteiger charge is -2.18. The SMILES string of the molecule is C=C(C)C(=O)OCC(COC(=O)C(=C)C)OP(=O)(O)O.C=C(C)C(=O)OCCOC(=O)c1cc(C(=O)O)c(C(=O)OCCOC(=O)C(=C)C)cc1OCO. The van der Waals surface area contributed by atoms with Crippen molar-refractivity contribution in [2.45, 2.75) is 33.8 Å². The van der Waals surface area contributed by atoms with Gasteiger partial charge in [-0.15, -0.1) is 0 Å². The predicted octanol–water partition coefficient (Wildman–Crippen LogP) is 1.97. The normalized spacial score (nSPS) is 10.4. The lowest BCUT2D eigenvalue weighted by Crippen LogP contribution is -2.28. The van der Waals surface area contributed by atoms with Gasteiger partial charge < -0.3 is 53.2 Å². The van der Waals surface area contributed by atoms with Gasteiger partial charge in [-0.05, 0) is 39.8 Å². The number of hydrogen-bond donors (Lipinski definition) is 4. The van der Waals surface area contributed by atoms with Crippen LogP contribution >= 0.6 is 7.82 Å². The maximum absolute atomic E-state index is 12.4. The molecule has 1 aromatic carbocycles. The molecule has 0 atom stereocenters. The number of carboxylic acids is 1. The summed E-state index contributed by atoms with van der Waals surface area (Å²) >= 11 is 0. The summed E-state index contributed by atoms with van der Waals surface area (Å²) in [5.41, 5.74) is -1.01. The standard InChI is InChI=1S/C22H24O12.C11H17O8P/c1-12(2)19(26)30-5-7-32-21(28)15-10-17(34-11-23)16(9-14(15)18(24)25)22(29)33-8-6-31-20(27)13(3)4;1-7(2)10(12)17-5-9(19-20(14,15)16)6-18-11(13)8(3)4/h9-10,23H,1,3,5-8,11H2,2,4H3,(H,24,25);9H,1,3,5-6H2,2,4H3,(H2,14,15,16). The molecule has 54 heavy (non-hydrogen) atoms. The molecule has 1 rings (SSSR count). The van der Waals surface area contributed by atoms with E-state index in [9.17, 15) is 43.2 Å². The van der Waals surface area contributed by atoms with Gasteiger partial charge in [0.25, 0.3) is 0 Å². The van der Waals surface area contributed by atoms with E-state index in [1.807, 2.05) is 0 Å². The van der Waals surface area contributed by atoms with Crippen LogP contribution in [0.4, 0.5) is 0 Å².